The van der Waals surface area contributed by atoms with E-state index in [2.05, 4.69) is 39.1 Å². The number of ether oxygens (including phenoxy) is 2. The minimum Gasteiger partial charge on any atom is -0.496 e. The van der Waals surface area contributed by atoms with Crippen molar-refractivity contribution in [2.24, 2.45) is 5.73 Å². The Morgan fingerprint density at radius 3 is 2.77 bits per heavy atom. The third kappa shape index (κ3) is 5.75. The summed E-state index contributed by atoms with van der Waals surface area (Å²) in [6, 6.07) is 8.42. The van der Waals surface area contributed by atoms with Crippen LogP contribution in [0, 0.1) is 5.82 Å². The van der Waals surface area contributed by atoms with E-state index >= 15 is 0 Å². The minimum absolute atomic E-state index is 0.0923. The van der Waals surface area contributed by atoms with E-state index in [4.69, 9.17) is 20.2 Å². The van der Waals surface area contributed by atoms with Crippen LogP contribution in [0.15, 0.2) is 55.1 Å². The summed E-state index contributed by atoms with van der Waals surface area (Å²) in [7, 11) is 3.18. The van der Waals surface area contributed by atoms with Gasteiger partial charge in [-0.25, -0.2) is 19.3 Å². The van der Waals surface area contributed by atoms with Crippen LogP contribution in [0.5, 0.6) is 5.75 Å². The maximum Gasteiger partial charge on any atom is 0.168 e. The van der Waals surface area contributed by atoms with Crippen molar-refractivity contribution < 1.29 is 13.9 Å². The smallest absolute Gasteiger partial charge is 0.168 e. The molecule has 4 aromatic rings. The Balaban J connectivity index is 1.50. The van der Waals surface area contributed by atoms with Crippen molar-refractivity contribution in [3.05, 3.63) is 60.9 Å². The van der Waals surface area contributed by atoms with Crippen molar-refractivity contribution >= 4 is 17.3 Å². The lowest BCUT2D eigenvalue weighted by molar-refractivity contribution is 0.101. The lowest BCUT2D eigenvalue weighted by Crippen LogP contribution is -2.43. The predicted octanol–water partition coefficient (Wildman–Crippen LogP) is 4.60. The molecule has 4 heterocycles. The molecule has 1 aromatic carbocycles. The summed E-state index contributed by atoms with van der Waals surface area (Å²) < 4.78 is 27.3. The standard InChI is InChI=1S/C29H35FN8O2/c1-29(2,18-39-3)38-16-19(14-34-38)21-15-33-26(13-23(21)37-12-6-7-20(31)17-37)35-25-10-11-32-28(36-25)27-22(30)8-5-9-24(27)40-4/h5,8-11,13-16,20H,6-7,12,17-18,31H2,1-4H3,(H,32,33,35,36)/t20-/m0/s1. The zero-order chi connectivity index (χ0) is 28.3. The van der Waals surface area contributed by atoms with E-state index in [0.717, 1.165) is 42.7 Å². The van der Waals surface area contributed by atoms with E-state index in [9.17, 15) is 4.39 Å². The van der Waals surface area contributed by atoms with Gasteiger partial charge in [-0.05, 0) is 44.9 Å². The molecule has 0 spiro atoms. The molecule has 10 nitrogen and oxygen atoms in total. The number of halogens is 1. The van der Waals surface area contributed by atoms with Crippen LogP contribution in [0.2, 0.25) is 0 Å². The Bertz CT molecular complexity index is 1470. The second-order valence-electron chi connectivity index (χ2n) is 10.6. The fourth-order valence-corrected chi connectivity index (χ4v) is 5.01. The van der Waals surface area contributed by atoms with E-state index in [1.165, 1.54) is 13.2 Å². The van der Waals surface area contributed by atoms with E-state index < -0.39 is 5.82 Å². The highest BCUT2D eigenvalue weighted by Crippen LogP contribution is 2.35. The van der Waals surface area contributed by atoms with Crippen LogP contribution < -0.4 is 20.7 Å². The second-order valence-corrected chi connectivity index (χ2v) is 10.6. The lowest BCUT2D eigenvalue weighted by Gasteiger charge is -2.34. The van der Waals surface area contributed by atoms with Crippen molar-refractivity contribution in [2.45, 2.75) is 38.3 Å². The number of piperidine rings is 1. The topological polar surface area (TPSA) is 116 Å². The first-order valence-electron chi connectivity index (χ1n) is 13.3. The molecular weight excluding hydrogens is 511 g/mol. The summed E-state index contributed by atoms with van der Waals surface area (Å²) in [6.07, 6.45) is 9.29. The van der Waals surface area contributed by atoms with Crippen molar-refractivity contribution in [3.63, 3.8) is 0 Å². The zero-order valence-electron chi connectivity index (χ0n) is 23.3. The number of anilines is 3. The molecule has 40 heavy (non-hydrogen) atoms. The molecule has 0 aliphatic carbocycles. The summed E-state index contributed by atoms with van der Waals surface area (Å²) in [5.74, 6) is 1.18. The van der Waals surface area contributed by atoms with Crippen LogP contribution in [0.25, 0.3) is 22.5 Å². The molecule has 0 radical (unpaired) electrons. The van der Waals surface area contributed by atoms with Gasteiger partial charge in [-0.3, -0.25) is 4.68 Å². The average molecular weight is 547 g/mol. The molecule has 0 unspecified atom stereocenters. The molecule has 1 saturated heterocycles. The minimum atomic E-state index is -0.461. The Morgan fingerprint density at radius 1 is 1.15 bits per heavy atom. The third-order valence-corrected chi connectivity index (χ3v) is 7.02. The molecular formula is C29H35FN8O2. The first-order valence-corrected chi connectivity index (χ1v) is 13.3. The maximum atomic E-state index is 14.7. The van der Waals surface area contributed by atoms with Crippen LogP contribution in [-0.2, 0) is 10.3 Å². The Hall–Kier alpha value is -4.09. The van der Waals surface area contributed by atoms with Crippen LogP contribution in [-0.4, -0.2) is 64.7 Å². The molecule has 0 saturated carbocycles. The number of methoxy groups -OCH3 is 2. The third-order valence-electron chi connectivity index (χ3n) is 7.02. The molecule has 0 amide bonds. The molecule has 1 atom stereocenters. The van der Waals surface area contributed by atoms with Gasteiger partial charge < -0.3 is 25.4 Å². The first kappa shape index (κ1) is 27.5. The van der Waals surface area contributed by atoms with Crippen LogP contribution >= 0.6 is 0 Å². The van der Waals surface area contributed by atoms with Gasteiger partial charge in [0.2, 0.25) is 0 Å². The molecule has 11 heteroatoms. The molecule has 1 aliphatic heterocycles. The van der Waals surface area contributed by atoms with Gasteiger partial charge in [0.1, 0.15) is 23.2 Å². The van der Waals surface area contributed by atoms with E-state index in [0.29, 0.717) is 24.0 Å². The number of hydrogen-bond donors (Lipinski definition) is 2. The normalized spacial score (nSPS) is 15.8. The number of nitrogens with zero attached hydrogens (tertiary/aromatic N) is 6. The summed E-state index contributed by atoms with van der Waals surface area (Å²) in [6.45, 7) is 6.32. The first-order chi connectivity index (χ1) is 19.3. The van der Waals surface area contributed by atoms with Gasteiger partial charge in [-0.2, -0.15) is 5.10 Å². The molecule has 0 bridgehead atoms. The van der Waals surface area contributed by atoms with Gasteiger partial charge in [0, 0.05) is 67.7 Å². The molecule has 210 valence electrons. The molecule has 1 aliphatic rings. The van der Waals surface area contributed by atoms with E-state index in [-0.39, 0.29) is 23.0 Å². The summed E-state index contributed by atoms with van der Waals surface area (Å²) in [5, 5.41) is 7.89. The van der Waals surface area contributed by atoms with Crippen molar-refractivity contribution in [3.8, 4) is 28.3 Å². The van der Waals surface area contributed by atoms with E-state index in [1.807, 2.05) is 29.3 Å². The molecule has 3 N–H and O–H groups in total. The van der Waals surface area contributed by atoms with Crippen molar-refractivity contribution in [2.75, 3.05) is 44.1 Å². The molecule has 5 rings (SSSR count). The number of nitrogens with two attached hydrogens (primary N) is 1. The van der Waals surface area contributed by atoms with Crippen LogP contribution in [0.3, 0.4) is 0 Å². The number of pyridine rings is 1. The van der Waals surface area contributed by atoms with Crippen LogP contribution in [0.1, 0.15) is 26.7 Å². The number of benzene rings is 1. The van der Waals surface area contributed by atoms with Crippen molar-refractivity contribution in [1.82, 2.24) is 24.7 Å². The van der Waals surface area contributed by atoms with E-state index in [1.54, 1.807) is 31.5 Å². The Labute approximate surface area is 233 Å². The molecule has 3 aromatic heterocycles. The van der Waals surface area contributed by atoms with Gasteiger partial charge in [0.05, 0.1) is 31.0 Å². The number of aromatic nitrogens is 5. The highest BCUT2D eigenvalue weighted by Gasteiger charge is 2.25. The maximum absolute atomic E-state index is 14.7. The number of nitrogens with one attached hydrogen (secondary N) is 1. The predicted molar refractivity (Wildman–Crippen MR) is 153 cm³/mol. The Kier molecular flexibility index (Phi) is 7.95. The van der Waals surface area contributed by atoms with Gasteiger partial charge in [0.25, 0.3) is 0 Å². The summed E-state index contributed by atoms with van der Waals surface area (Å²) in [5.41, 5.74) is 9.16. The molecule has 1 fully saturated rings. The summed E-state index contributed by atoms with van der Waals surface area (Å²) >= 11 is 0. The van der Waals surface area contributed by atoms with Crippen molar-refractivity contribution in [1.29, 1.82) is 0 Å². The Morgan fingerprint density at radius 2 is 2.00 bits per heavy atom. The number of rotatable bonds is 9. The summed E-state index contributed by atoms with van der Waals surface area (Å²) in [4.78, 5) is 15.8. The van der Waals surface area contributed by atoms with Gasteiger partial charge in [0.15, 0.2) is 5.82 Å². The van der Waals surface area contributed by atoms with Gasteiger partial charge >= 0.3 is 0 Å². The lowest BCUT2D eigenvalue weighted by atomic mass is 10.0. The van der Waals surface area contributed by atoms with Gasteiger partial charge in [-0.15, -0.1) is 0 Å². The highest BCUT2D eigenvalue weighted by molar-refractivity contribution is 5.80. The fourth-order valence-electron chi connectivity index (χ4n) is 5.01. The van der Waals surface area contributed by atoms with Crippen LogP contribution in [0.4, 0.5) is 21.7 Å². The average Bonchev–Trinajstić information content (AvgIpc) is 3.44. The largest absolute Gasteiger partial charge is 0.496 e. The zero-order valence-corrected chi connectivity index (χ0v) is 23.3. The second kappa shape index (κ2) is 11.6. The monoisotopic (exact) mass is 546 g/mol. The quantitative estimate of drug-likeness (QED) is 0.311. The number of hydrogen-bond acceptors (Lipinski definition) is 9. The fraction of sp³-hybridized carbons (Fsp3) is 0.379. The SMILES string of the molecule is COCC(C)(C)n1cc(-c2cnc(Nc3ccnc(-c4c(F)cccc4OC)n3)cc2N2CCC[C@H](N)C2)cn1. The highest BCUT2D eigenvalue weighted by atomic mass is 19.1. The van der Waals surface area contributed by atoms with Gasteiger partial charge in [-0.1, -0.05) is 6.07 Å².